The number of nitrogens with two attached hydrogens (primary N) is 1. The molecule has 0 atom stereocenters. The molecule has 0 aromatic heterocycles. The molecule has 1 nitrogen and oxygen atoms in total. The lowest BCUT2D eigenvalue weighted by molar-refractivity contribution is 1.07. The van der Waals surface area contributed by atoms with Gasteiger partial charge in [0.1, 0.15) is 0 Å². The fraction of sp³-hybridized carbons (Fsp3) is 0.222. The topological polar surface area (TPSA) is 26.0 Å². The predicted octanol–water partition coefficient (Wildman–Crippen LogP) is 4.40. The first kappa shape index (κ1) is 12.0. The summed E-state index contributed by atoms with van der Waals surface area (Å²) < 4.78 is 0. The van der Waals surface area contributed by atoms with Gasteiger partial charge in [0.25, 0.3) is 0 Å². The van der Waals surface area contributed by atoms with Crippen LogP contribution < -0.4 is 5.73 Å². The van der Waals surface area contributed by atoms with Crippen molar-refractivity contribution >= 4 is 11.8 Å². The molecular weight excluding hydrogens is 230 g/mol. The van der Waals surface area contributed by atoms with Crippen LogP contribution in [0.4, 0.5) is 5.69 Å². The van der Waals surface area contributed by atoms with E-state index in [-0.39, 0.29) is 0 Å². The molecule has 19 heavy (non-hydrogen) atoms. The third-order valence-electron chi connectivity index (χ3n) is 3.63. The zero-order chi connectivity index (χ0) is 13.1. The Morgan fingerprint density at radius 2 is 1.89 bits per heavy atom. The highest BCUT2D eigenvalue weighted by Gasteiger charge is 2.24. The van der Waals surface area contributed by atoms with Gasteiger partial charge in [0.05, 0.1) is 0 Å². The Hall–Kier alpha value is -2.02. The fourth-order valence-corrected chi connectivity index (χ4v) is 2.50. The number of rotatable bonds is 4. The van der Waals surface area contributed by atoms with Crippen molar-refractivity contribution in [2.75, 3.05) is 5.73 Å². The molecule has 96 valence electrons. The Labute approximate surface area is 114 Å². The highest BCUT2D eigenvalue weighted by Crippen LogP contribution is 2.41. The maximum absolute atomic E-state index is 5.78. The Kier molecular flexibility index (Phi) is 3.37. The minimum atomic E-state index is 0.817. The first-order valence-corrected chi connectivity index (χ1v) is 6.93. The van der Waals surface area contributed by atoms with Gasteiger partial charge in [0.2, 0.25) is 0 Å². The van der Waals surface area contributed by atoms with Crippen LogP contribution in [0.25, 0.3) is 6.08 Å². The van der Waals surface area contributed by atoms with Gasteiger partial charge in [0, 0.05) is 5.69 Å². The van der Waals surface area contributed by atoms with Gasteiger partial charge in [-0.1, -0.05) is 48.6 Å². The van der Waals surface area contributed by atoms with Crippen LogP contribution in [0, 0.1) is 0 Å². The molecule has 0 saturated heterocycles. The number of hydrogen-bond donors (Lipinski definition) is 1. The first-order valence-electron chi connectivity index (χ1n) is 6.93. The van der Waals surface area contributed by atoms with E-state index in [1.807, 2.05) is 18.2 Å². The van der Waals surface area contributed by atoms with E-state index in [9.17, 15) is 0 Å². The van der Waals surface area contributed by atoms with Crippen molar-refractivity contribution in [2.24, 2.45) is 0 Å². The number of anilines is 1. The summed E-state index contributed by atoms with van der Waals surface area (Å²) in [6, 6.07) is 16.8. The highest BCUT2D eigenvalue weighted by atomic mass is 14.5. The van der Waals surface area contributed by atoms with E-state index in [1.54, 1.807) is 5.56 Å². The second-order valence-corrected chi connectivity index (χ2v) is 5.25. The quantitative estimate of drug-likeness (QED) is 0.798. The van der Waals surface area contributed by atoms with Gasteiger partial charge < -0.3 is 5.73 Å². The lowest BCUT2D eigenvalue weighted by Gasteiger charge is -2.05. The molecule has 0 unspecified atom stereocenters. The zero-order valence-electron chi connectivity index (χ0n) is 11.0. The molecule has 0 spiro atoms. The Morgan fingerprint density at radius 1 is 1.05 bits per heavy atom. The van der Waals surface area contributed by atoms with E-state index in [1.165, 1.54) is 24.0 Å². The molecule has 2 N–H and O–H groups in total. The van der Waals surface area contributed by atoms with E-state index in [0.29, 0.717) is 0 Å². The molecular formula is C18H19N. The number of nitrogen functional groups attached to an aromatic ring is 1. The summed E-state index contributed by atoms with van der Waals surface area (Å²) >= 11 is 0. The Bertz CT molecular complexity index is 594. The van der Waals surface area contributed by atoms with Crippen molar-refractivity contribution in [1.29, 1.82) is 0 Å². The van der Waals surface area contributed by atoms with Gasteiger partial charge in [-0.25, -0.2) is 0 Å². The molecule has 0 radical (unpaired) electrons. The highest BCUT2D eigenvalue weighted by molar-refractivity contribution is 5.56. The SMILES string of the molecule is Nc1cccc(/C=C\Cc2ccccc2C2CC2)c1. The smallest absolute Gasteiger partial charge is 0.0319 e. The standard InChI is InChI=1S/C18H19N/c19-17-9-4-6-14(13-17)5-3-8-15-7-1-2-10-18(15)16-11-12-16/h1-7,9-10,13,16H,8,11-12,19H2/b5-3-. The Balaban J connectivity index is 1.72. The lowest BCUT2D eigenvalue weighted by atomic mass is 10.0. The minimum Gasteiger partial charge on any atom is -0.399 e. The molecule has 1 saturated carbocycles. The van der Waals surface area contributed by atoms with Gasteiger partial charge in [0.15, 0.2) is 0 Å². The second kappa shape index (κ2) is 5.31. The molecule has 1 heteroatoms. The fourth-order valence-electron chi connectivity index (χ4n) is 2.50. The van der Waals surface area contributed by atoms with Crippen molar-refractivity contribution in [3.05, 3.63) is 71.3 Å². The normalized spacial score (nSPS) is 14.9. The summed E-state index contributed by atoms with van der Waals surface area (Å²) in [5, 5.41) is 0. The summed E-state index contributed by atoms with van der Waals surface area (Å²) in [6.45, 7) is 0. The van der Waals surface area contributed by atoms with Gasteiger partial charge in [-0.2, -0.15) is 0 Å². The summed E-state index contributed by atoms with van der Waals surface area (Å²) in [7, 11) is 0. The summed E-state index contributed by atoms with van der Waals surface area (Å²) in [5.41, 5.74) is 10.8. The average Bonchev–Trinajstić information content (AvgIpc) is 3.24. The van der Waals surface area contributed by atoms with Gasteiger partial charge in [-0.3, -0.25) is 0 Å². The van der Waals surface area contributed by atoms with E-state index >= 15 is 0 Å². The van der Waals surface area contributed by atoms with Crippen LogP contribution >= 0.6 is 0 Å². The molecule has 0 heterocycles. The van der Waals surface area contributed by atoms with Crippen LogP contribution in [0.2, 0.25) is 0 Å². The van der Waals surface area contributed by atoms with Crippen molar-refractivity contribution in [1.82, 2.24) is 0 Å². The van der Waals surface area contributed by atoms with Crippen molar-refractivity contribution in [2.45, 2.75) is 25.2 Å². The maximum Gasteiger partial charge on any atom is 0.0319 e. The minimum absolute atomic E-state index is 0.817. The second-order valence-electron chi connectivity index (χ2n) is 5.25. The number of hydrogen-bond acceptors (Lipinski definition) is 1. The van der Waals surface area contributed by atoms with Crippen LogP contribution in [0.3, 0.4) is 0 Å². The van der Waals surface area contributed by atoms with Crippen molar-refractivity contribution in [3.8, 4) is 0 Å². The average molecular weight is 249 g/mol. The van der Waals surface area contributed by atoms with Crippen LogP contribution in [0.5, 0.6) is 0 Å². The largest absolute Gasteiger partial charge is 0.399 e. The monoisotopic (exact) mass is 249 g/mol. The predicted molar refractivity (Wildman–Crippen MR) is 82.0 cm³/mol. The van der Waals surface area contributed by atoms with Gasteiger partial charge in [-0.15, -0.1) is 0 Å². The van der Waals surface area contributed by atoms with E-state index in [4.69, 9.17) is 5.73 Å². The molecule has 0 bridgehead atoms. The molecule has 1 fully saturated rings. The van der Waals surface area contributed by atoms with Gasteiger partial charge in [-0.05, 0) is 54.0 Å². The molecule has 1 aliphatic carbocycles. The summed E-state index contributed by atoms with van der Waals surface area (Å²) in [5.74, 6) is 0.817. The molecule has 3 rings (SSSR count). The molecule has 1 aliphatic rings. The lowest BCUT2D eigenvalue weighted by Crippen LogP contribution is -1.90. The summed E-state index contributed by atoms with van der Waals surface area (Å²) in [4.78, 5) is 0. The maximum atomic E-state index is 5.78. The van der Waals surface area contributed by atoms with E-state index in [0.717, 1.165) is 18.0 Å². The zero-order valence-corrected chi connectivity index (χ0v) is 11.0. The van der Waals surface area contributed by atoms with Crippen molar-refractivity contribution in [3.63, 3.8) is 0 Å². The van der Waals surface area contributed by atoms with E-state index in [2.05, 4.69) is 42.5 Å². The van der Waals surface area contributed by atoms with E-state index < -0.39 is 0 Å². The summed E-state index contributed by atoms with van der Waals surface area (Å²) in [6.07, 6.45) is 8.10. The van der Waals surface area contributed by atoms with Gasteiger partial charge >= 0.3 is 0 Å². The van der Waals surface area contributed by atoms with Crippen LogP contribution in [-0.4, -0.2) is 0 Å². The molecule has 2 aromatic carbocycles. The number of benzene rings is 2. The van der Waals surface area contributed by atoms with Crippen LogP contribution in [-0.2, 0) is 6.42 Å². The molecule has 0 aliphatic heterocycles. The first-order chi connectivity index (χ1) is 9.33. The third kappa shape index (κ3) is 3.05. The molecule has 0 amide bonds. The third-order valence-corrected chi connectivity index (χ3v) is 3.63. The molecule has 2 aromatic rings. The van der Waals surface area contributed by atoms with Crippen LogP contribution in [0.1, 0.15) is 35.4 Å². The number of allylic oxidation sites excluding steroid dienone is 1. The Morgan fingerprint density at radius 3 is 2.68 bits per heavy atom. The van der Waals surface area contributed by atoms with Crippen LogP contribution in [0.15, 0.2) is 54.6 Å². The van der Waals surface area contributed by atoms with Crippen molar-refractivity contribution < 1.29 is 0 Å².